The summed E-state index contributed by atoms with van der Waals surface area (Å²) in [5, 5.41) is 3.48. The van der Waals surface area contributed by atoms with E-state index in [4.69, 9.17) is 20.6 Å². The first-order valence-corrected chi connectivity index (χ1v) is 9.72. The fourth-order valence-corrected chi connectivity index (χ4v) is 3.51. The highest BCUT2D eigenvalue weighted by Gasteiger charge is 2.46. The van der Waals surface area contributed by atoms with E-state index in [1.165, 1.54) is 5.56 Å². The molecule has 0 fully saturated rings. The molecule has 1 N–H and O–H groups in total. The lowest BCUT2D eigenvalue weighted by molar-refractivity contribution is -0.167. The molecule has 4 heteroatoms. The van der Waals surface area contributed by atoms with E-state index in [2.05, 4.69) is 29.4 Å². The van der Waals surface area contributed by atoms with Crippen molar-refractivity contribution in [1.82, 2.24) is 0 Å². The Morgan fingerprint density at radius 1 is 1.18 bits per heavy atom. The van der Waals surface area contributed by atoms with E-state index in [-0.39, 0.29) is 24.9 Å². The van der Waals surface area contributed by atoms with Crippen LogP contribution in [0.25, 0.3) is 0 Å². The van der Waals surface area contributed by atoms with Crippen molar-refractivity contribution in [3.63, 3.8) is 0 Å². The first-order chi connectivity index (χ1) is 13.4. The van der Waals surface area contributed by atoms with Crippen LogP contribution in [0.15, 0.2) is 48.5 Å². The Morgan fingerprint density at radius 3 is 2.61 bits per heavy atom. The van der Waals surface area contributed by atoms with Gasteiger partial charge in [-0.3, -0.25) is 0 Å². The molecule has 2 aromatic rings. The lowest BCUT2D eigenvalue weighted by Gasteiger charge is -2.44. The lowest BCUT2D eigenvalue weighted by Crippen LogP contribution is -2.51. The molecular formula is C24H29NO3. The first-order valence-electron chi connectivity index (χ1n) is 9.72. The Labute approximate surface area is 168 Å². The number of hydrogen-bond acceptors (Lipinski definition) is 4. The fraction of sp³-hybridized carbons (Fsp3) is 0.417. The summed E-state index contributed by atoms with van der Waals surface area (Å²) in [7, 11) is 0. The Balaban J connectivity index is 1.88. The van der Waals surface area contributed by atoms with Gasteiger partial charge in [0.15, 0.2) is 0 Å². The van der Waals surface area contributed by atoms with Gasteiger partial charge in [0, 0.05) is 17.8 Å². The molecule has 0 bridgehead atoms. The molecule has 1 heterocycles. The molecule has 0 saturated heterocycles. The summed E-state index contributed by atoms with van der Waals surface area (Å²) >= 11 is 0. The van der Waals surface area contributed by atoms with Crippen molar-refractivity contribution in [1.29, 1.82) is 0 Å². The monoisotopic (exact) mass is 379 g/mol. The number of nitrogens with one attached hydrogen (secondary N) is 1. The van der Waals surface area contributed by atoms with E-state index in [0.29, 0.717) is 0 Å². The van der Waals surface area contributed by atoms with Crippen molar-refractivity contribution in [2.45, 2.75) is 58.2 Å². The van der Waals surface area contributed by atoms with E-state index < -0.39 is 5.60 Å². The third-order valence-corrected chi connectivity index (χ3v) is 4.75. The van der Waals surface area contributed by atoms with Gasteiger partial charge in [-0.2, -0.15) is 0 Å². The van der Waals surface area contributed by atoms with Gasteiger partial charge in [-0.1, -0.05) is 36.3 Å². The summed E-state index contributed by atoms with van der Waals surface area (Å²) in [5.41, 5.74) is 2.66. The number of ether oxygens (including phenoxy) is 3. The van der Waals surface area contributed by atoms with Crippen molar-refractivity contribution in [2.24, 2.45) is 0 Å². The van der Waals surface area contributed by atoms with Gasteiger partial charge in [-0.25, -0.2) is 0 Å². The van der Waals surface area contributed by atoms with Gasteiger partial charge in [0.2, 0.25) is 0 Å². The molecule has 0 spiro atoms. The molecule has 0 amide bonds. The van der Waals surface area contributed by atoms with Gasteiger partial charge < -0.3 is 19.5 Å². The van der Waals surface area contributed by atoms with Crippen LogP contribution in [0.2, 0.25) is 0 Å². The van der Waals surface area contributed by atoms with E-state index in [9.17, 15) is 0 Å². The smallest absolute Gasteiger partial charge is 0.132 e. The zero-order valence-electron chi connectivity index (χ0n) is 17.1. The summed E-state index contributed by atoms with van der Waals surface area (Å²) in [6.07, 6.45) is 4.91. The predicted molar refractivity (Wildman–Crippen MR) is 112 cm³/mol. The average molecular weight is 380 g/mol. The number of fused-ring (bicyclic) bond motifs is 1. The highest BCUT2D eigenvalue weighted by Crippen LogP contribution is 2.44. The number of terminal acetylenes is 1. The minimum Gasteiger partial charge on any atom is -0.485 e. The number of anilines is 1. The van der Waals surface area contributed by atoms with Gasteiger partial charge >= 0.3 is 0 Å². The van der Waals surface area contributed by atoms with Crippen LogP contribution in [0.5, 0.6) is 5.75 Å². The zero-order valence-corrected chi connectivity index (χ0v) is 17.1. The summed E-state index contributed by atoms with van der Waals surface area (Å²) in [6, 6.07) is 16.4. The average Bonchev–Trinajstić information content (AvgIpc) is 2.66. The molecule has 1 aliphatic heterocycles. The quantitative estimate of drug-likeness (QED) is 0.691. The minimum absolute atomic E-state index is 0.0459. The van der Waals surface area contributed by atoms with E-state index >= 15 is 0 Å². The van der Waals surface area contributed by atoms with Crippen LogP contribution >= 0.6 is 0 Å². The third-order valence-electron chi connectivity index (χ3n) is 4.75. The van der Waals surface area contributed by atoms with Crippen LogP contribution in [-0.4, -0.2) is 24.4 Å². The summed E-state index contributed by atoms with van der Waals surface area (Å²) in [6.45, 7) is 9.04. The summed E-state index contributed by atoms with van der Waals surface area (Å²) in [4.78, 5) is 0. The van der Waals surface area contributed by atoms with Crippen molar-refractivity contribution in [2.75, 3.05) is 11.9 Å². The van der Waals surface area contributed by atoms with Gasteiger partial charge in [0.05, 0.1) is 6.10 Å². The van der Waals surface area contributed by atoms with Gasteiger partial charge in [0.25, 0.3) is 0 Å². The second kappa shape index (κ2) is 8.68. The van der Waals surface area contributed by atoms with Crippen molar-refractivity contribution < 1.29 is 14.2 Å². The molecule has 4 nitrogen and oxygen atoms in total. The topological polar surface area (TPSA) is 39.7 Å². The zero-order chi connectivity index (χ0) is 20.1. The van der Waals surface area contributed by atoms with Crippen LogP contribution in [0.4, 0.5) is 5.69 Å². The highest BCUT2D eigenvalue weighted by molar-refractivity contribution is 5.53. The van der Waals surface area contributed by atoms with Crippen LogP contribution in [0.1, 0.15) is 44.9 Å². The van der Waals surface area contributed by atoms with Crippen molar-refractivity contribution in [3.8, 4) is 18.1 Å². The molecule has 2 unspecified atom stereocenters. The van der Waals surface area contributed by atoms with Gasteiger partial charge in [-0.05, 0) is 51.5 Å². The molecule has 28 heavy (non-hydrogen) atoms. The Bertz CT molecular complexity index is 823. The second-order valence-corrected chi connectivity index (χ2v) is 7.84. The molecule has 2 atom stereocenters. The van der Waals surface area contributed by atoms with Gasteiger partial charge in [-0.15, -0.1) is 6.42 Å². The number of hydrogen-bond donors (Lipinski definition) is 1. The molecule has 0 aliphatic carbocycles. The number of rotatable bonds is 7. The molecule has 2 aromatic carbocycles. The van der Waals surface area contributed by atoms with Crippen LogP contribution in [0.3, 0.4) is 0 Å². The normalized spacial score (nSPS) is 20.1. The largest absolute Gasteiger partial charge is 0.485 e. The predicted octanol–water partition coefficient (Wildman–Crippen LogP) is 4.95. The number of benzene rings is 2. The van der Waals surface area contributed by atoms with E-state index in [0.717, 1.165) is 23.5 Å². The molecule has 1 aliphatic rings. The van der Waals surface area contributed by atoms with E-state index in [1.54, 1.807) is 0 Å². The maximum absolute atomic E-state index is 6.28. The fourth-order valence-electron chi connectivity index (χ4n) is 3.51. The van der Waals surface area contributed by atoms with Crippen molar-refractivity contribution >= 4 is 5.69 Å². The molecule has 0 aromatic heterocycles. The Morgan fingerprint density at radius 2 is 1.93 bits per heavy atom. The first kappa shape index (κ1) is 20.3. The van der Waals surface area contributed by atoms with E-state index in [1.807, 2.05) is 58.0 Å². The molecule has 148 valence electrons. The maximum atomic E-state index is 6.28. The Hall–Kier alpha value is -2.48. The minimum atomic E-state index is -0.553. The van der Waals surface area contributed by atoms with Crippen LogP contribution in [-0.2, 0) is 16.0 Å². The SMILES string of the molecule is C#CCOC1C(OC(C)C)c2cc(NCc3ccccc3)ccc2OC1(C)C. The maximum Gasteiger partial charge on any atom is 0.132 e. The van der Waals surface area contributed by atoms with Crippen LogP contribution in [0, 0.1) is 12.3 Å². The molecule has 0 saturated carbocycles. The van der Waals surface area contributed by atoms with Crippen LogP contribution < -0.4 is 10.1 Å². The molecule has 0 radical (unpaired) electrons. The standard InChI is InChI=1S/C24H29NO3/c1-6-14-26-23-22(27-17(2)3)20-15-19(12-13-21(20)28-24(23,4)5)25-16-18-10-8-7-9-11-18/h1,7-13,15,17,22-23,25H,14,16H2,2-5H3. The molecule has 3 rings (SSSR count). The van der Waals surface area contributed by atoms with Crippen molar-refractivity contribution in [3.05, 3.63) is 59.7 Å². The summed E-state index contributed by atoms with van der Waals surface area (Å²) < 4.78 is 18.5. The summed E-state index contributed by atoms with van der Waals surface area (Å²) in [5.74, 6) is 3.38. The molecular weight excluding hydrogens is 350 g/mol. The van der Waals surface area contributed by atoms with Gasteiger partial charge in [0.1, 0.15) is 30.2 Å². The lowest BCUT2D eigenvalue weighted by atomic mass is 9.87. The second-order valence-electron chi connectivity index (χ2n) is 7.84. The highest BCUT2D eigenvalue weighted by atomic mass is 16.6. The Kier molecular flexibility index (Phi) is 6.28. The third kappa shape index (κ3) is 4.67.